The number of hydrogen-bond donors (Lipinski definition) is 0. The Morgan fingerprint density at radius 2 is 2.33 bits per heavy atom. The Bertz CT molecular complexity index is 457. The number of nitriles is 1. The predicted molar refractivity (Wildman–Crippen MR) is 53.7 cm³/mol. The smallest absolute Gasteiger partial charge is 0.162 e. The highest BCUT2D eigenvalue weighted by Crippen LogP contribution is 2.25. The summed E-state index contributed by atoms with van der Waals surface area (Å²) in [4.78, 5) is 11.2. The fourth-order valence-electron chi connectivity index (χ4n) is 1.51. The van der Waals surface area contributed by atoms with Gasteiger partial charge in [0.05, 0.1) is 24.3 Å². The normalized spacial score (nSPS) is 19.4. The van der Waals surface area contributed by atoms with Gasteiger partial charge in [-0.2, -0.15) is 5.26 Å². The molecule has 3 heteroatoms. The van der Waals surface area contributed by atoms with Gasteiger partial charge in [-0.3, -0.25) is 4.79 Å². The van der Waals surface area contributed by atoms with Crippen molar-refractivity contribution in [1.29, 1.82) is 5.26 Å². The van der Waals surface area contributed by atoms with Gasteiger partial charge in [-0.25, -0.2) is 0 Å². The van der Waals surface area contributed by atoms with Crippen molar-refractivity contribution in [2.75, 3.05) is 0 Å². The van der Waals surface area contributed by atoms with Crippen molar-refractivity contribution in [3.8, 4) is 6.07 Å². The highest BCUT2D eigenvalue weighted by atomic mass is 16.5. The van der Waals surface area contributed by atoms with Crippen LogP contribution in [0.1, 0.15) is 23.7 Å². The van der Waals surface area contributed by atoms with Crippen LogP contribution in [0, 0.1) is 11.3 Å². The second-order valence-corrected chi connectivity index (χ2v) is 3.34. The van der Waals surface area contributed by atoms with E-state index < -0.39 is 0 Å². The monoisotopic (exact) mass is 199 g/mol. The lowest BCUT2D eigenvalue weighted by Crippen LogP contribution is -2.11. The quantitative estimate of drug-likeness (QED) is 0.695. The fraction of sp³-hybridized carbons (Fsp3) is 0.167. The Morgan fingerprint density at radius 1 is 1.47 bits per heavy atom. The predicted octanol–water partition coefficient (Wildman–Crippen LogP) is 2.10. The molecule has 15 heavy (non-hydrogen) atoms. The first-order chi connectivity index (χ1) is 7.29. The summed E-state index contributed by atoms with van der Waals surface area (Å²) in [6.07, 6.45) is 2.92. The first-order valence-corrected chi connectivity index (χ1v) is 4.64. The number of nitrogens with zero attached hydrogens (tertiary/aromatic N) is 1. The maximum atomic E-state index is 11.2. The molecule has 1 aliphatic rings. The number of rotatable bonds is 1. The Hall–Kier alpha value is -2.08. The number of carbonyl (C=O) groups is 1. The van der Waals surface area contributed by atoms with E-state index in [4.69, 9.17) is 10.00 Å². The van der Waals surface area contributed by atoms with E-state index in [0.29, 0.717) is 12.0 Å². The van der Waals surface area contributed by atoms with E-state index in [2.05, 4.69) is 6.07 Å². The molecule has 0 aliphatic carbocycles. The second-order valence-electron chi connectivity index (χ2n) is 3.34. The van der Waals surface area contributed by atoms with E-state index >= 15 is 0 Å². The maximum absolute atomic E-state index is 11.2. The van der Waals surface area contributed by atoms with Crippen molar-refractivity contribution >= 4 is 5.78 Å². The van der Waals surface area contributed by atoms with Crippen LogP contribution in [0.25, 0.3) is 0 Å². The molecule has 0 amide bonds. The first-order valence-electron chi connectivity index (χ1n) is 4.64. The van der Waals surface area contributed by atoms with E-state index in [1.54, 1.807) is 18.2 Å². The number of benzene rings is 1. The zero-order valence-electron chi connectivity index (χ0n) is 8.01. The standard InChI is InChI=1S/C12H9NO2/c13-8-9-2-1-3-10(6-9)12-7-11(14)4-5-15-12/h1-6,12H,7H2. The minimum absolute atomic E-state index is 0.0496. The second kappa shape index (κ2) is 3.97. The summed E-state index contributed by atoms with van der Waals surface area (Å²) in [7, 11) is 0. The summed E-state index contributed by atoms with van der Waals surface area (Å²) in [5, 5.41) is 8.74. The van der Waals surface area contributed by atoms with E-state index in [0.717, 1.165) is 5.56 Å². The molecule has 3 nitrogen and oxygen atoms in total. The Kier molecular flexibility index (Phi) is 2.51. The Labute approximate surface area is 87.6 Å². The zero-order chi connectivity index (χ0) is 10.7. The molecular weight excluding hydrogens is 190 g/mol. The van der Waals surface area contributed by atoms with Gasteiger partial charge in [0.1, 0.15) is 6.10 Å². The van der Waals surface area contributed by atoms with Gasteiger partial charge in [0.2, 0.25) is 0 Å². The molecule has 1 aromatic carbocycles. The van der Waals surface area contributed by atoms with Crippen LogP contribution in [0.15, 0.2) is 36.6 Å². The van der Waals surface area contributed by atoms with Crippen LogP contribution >= 0.6 is 0 Å². The molecule has 0 saturated carbocycles. The number of allylic oxidation sites excluding steroid dienone is 1. The summed E-state index contributed by atoms with van der Waals surface area (Å²) >= 11 is 0. The Balaban J connectivity index is 2.26. The molecule has 0 aromatic heterocycles. The average molecular weight is 199 g/mol. The summed E-state index contributed by atoms with van der Waals surface area (Å²) in [5.74, 6) is 0.0496. The van der Waals surface area contributed by atoms with Gasteiger partial charge < -0.3 is 4.74 Å². The van der Waals surface area contributed by atoms with Crippen LogP contribution in [-0.2, 0) is 9.53 Å². The maximum Gasteiger partial charge on any atom is 0.162 e. The van der Waals surface area contributed by atoms with Gasteiger partial charge in [-0.05, 0) is 17.7 Å². The molecule has 1 aromatic rings. The van der Waals surface area contributed by atoms with Crippen molar-refractivity contribution in [3.05, 3.63) is 47.7 Å². The Morgan fingerprint density at radius 3 is 3.07 bits per heavy atom. The van der Waals surface area contributed by atoms with E-state index in [1.807, 2.05) is 6.07 Å². The van der Waals surface area contributed by atoms with E-state index in [1.165, 1.54) is 12.3 Å². The summed E-state index contributed by atoms with van der Waals surface area (Å²) < 4.78 is 5.32. The molecule has 0 radical (unpaired) electrons. The molecule has 1 aliphatic heterocycles. The zero-order valence-corrected chi connectivity index (χ0v) is 8.01. The lowest BCUT2D eigenvalue weighted by Gasteiger charge is -2.18. The summed E-state index contributed by atoms with van der Waals surface area (Å²) in [6, 6.07) is 9.18. The van der Waals surface area contributed by atoms with Gasteiger partial charge in [-0.15, -0.1) is 0 Å². The summed E-state index contributed by atoms with van der Waals surface area (Å²) in [5.41, 5.74) is 1.45. The van der Waals surface area contributed by atoms with Crippen molar-refractivity contribution in [3.63, 3.8) is 0 Å². The molecule has 1 atom stereocenters. The molecule has 0 N–H and O–H groups in total. The average Bonchev–Trinajstić information content (AvgIpc) is 2.29. The highest BCUT2D eigenvalue weighted by molar-refractivity contribution is 5.90. The SMILES string of the molecule is N#Cc1cccc(C2CC(=O)C=CO2)c1. The molecule has 0 spiro atoms. The number of ether oxygens (including phenoxy) is 1. The largest absolute Gasteiger partial charge is 0.493 e. The van der Waals surface area contributed by atoms with Crippen molar-refractivity contribution in [2.45, 2.75) is 12.5 Å². The van der Waals surface area contributed by atoms with Gasteiger partial charge in [-0.1, -0.05) is 12.1 Å². The van der Waals surface area contributed by atoms with Gasteiger partial charge >= 0.3 is 0 Å². The van der Waals surface area contributed by atoms with Crippen LogP contribution in [0.2, 0.25) is 0 Å². The lowest BCUT2D eigenvalue weighted by molar-refractivity contribution is -0.118. The molecule has 1 unspecified atom stereocenters. The molecule has 0 fully saturated rings. The molecule has 0 bridgehead atoms. The van der Waals surface area contributed by atoms with Crippen LogP contribution < -0.4 is 0 Å². The third-order valence-corrected chi connectivity index (χ3v) is 2.27. The fourth-order valence-corrected chi connectivity index (χ4v) is 1.51. The van der Waals surface area contributed by atoms with Gasteiger partial charge in [0, 0.05) is 6.08 Å². The topological polar surface area (TPSA) is 50.1 Å². The van der Waals surface area contributed by atoms with E-state index in [-0.39, 0.29) is 11.9 Å². The minimum Gasteiger partial charge on any atom is -0.493 e. The minimum atomic E-state index is -0.254. The van der Waals surface area contributed by atoms with Crippen LogP contribution in [0.5, 0.6) is 0 Å². The van der Waals surface area contributed by atoms with Crippen LogP contribution in [0.3, 0.4) is 0 Å². The van der Waals surface area contributed by atoms with Crippen LogP contribution in [-0.4, -0.2) is 5.78 Å². The highest BCUT2D eigenvalue weighted by Gasteiger charge is 2.18. The molecular formula is C12H9NO2. The first kappa shape index (κ1) is 9.47. The van der Waals surface area contributed by atoms with E-state index in [9.17, 15) is 4.79 Å². The van der Waals surface area contributed by atoms with Gasteiger partial charge in [0.25, 0.3) is 0 Å². The number of ketones is 1. The third-order valence-electron chi connectivity index (χ3n) is 2.27. The molecule has 1 heterocycles. The molecule has 0 saturated heterocycles. The number of carbonyl (C=O) groups excluding carboxylic acids is 1. The van der Waals surface area contributed by atoms with Crippen molar-refractivity contribution < 1.29 is 9.53 Å². The van der Waals surface area contributed by atoms with Crippen LogP contribution in [0.4, 0.5) is 0 Å². The van der Waals surface area contributed by atoms with Gasteiger partial charge in [0.15, 0.2) is 5.78 Å². The van der Waals surface area contributed by atoms with Crippen molar-refractivity contribution in [1.82, 2.24) is 0 Å². The lowest BCUT2D eigenvalue weighted by atomic mass is 10.0. The number of hydrogen-bond acceptors (Lipinski definition) is 3. The third kappa shape index (κ3) is 2.05. The van der Waals surface area contributed by atoms with Crippen molar-refractivity contribution in [2.24, 2.45) is 0 Å². The summed E-state index contributed by atoms with van der Waals surface area (Å²) in [6.45, 7) is 0. The molecule has 74 valence electrons. The molecule has 2 rings (SSSR count).